The maximum absolute atomic E-state index is 13.0. The van der Waals surface area contributed by atoms with Gasteiger partial charge in [-0.05, 0) is 46.9 Å². The molecule has 0 atom stereocenters. The van der Waals surface area contributed by atoms with Gasteiger partial charge in [-0.2, -0.15) is 4.31 Å². The number of rotatable bonds is 5. The highest BCUT2D eigenvalue weighted by molar-refractivity contribution is 7.89. The van der Waals surface area contributed by atoms with Crippen molar-refractivity contribution < 1.29 is 17.9 Å². The van der Waals surface area contributed by atoms with E-state index in [9.17, 15) is 13.2 Å². The third-order valence-corrected chi connectivity index (χ3v) is 7.36. The first-order chi connectivity index (χ1) is 14.6. The molecule has 0 N–H and O–H groups in total. The summed E-state index contributed by atoms with van der Waals surface area (Å²) in [5.41, 5.74) is 1.95. The van der Waals surface area contributed by atoms with Crippen LogP contribution in [0, 0.1) is 0 Å². The standard InChI is InChI=1S/C24H30N2O4S/c1-24(2,3)20-8-12-22(13-9-20)31(28,29)26-17-15-25(16-18-26)23(27)14-7-19-5-10-21(30-4)11-6-19/h5-14H,15-18H2,1-4H3/b14-7+. The van der Waals surface area contributed by atoms with E-state index in [0.29, 0.717) is 18.0 Å². The minimum atomic E-state index is -3.57. The van der Waals surface area contributed by atoms with Crippen molar-refractivity contribution in [1.29, 1.82) is 0 Å². The molecular formula is C24H30N2O4S. The Morgan fingerprint density at radius 3 is 2.03 bits per heavy atom. The summed E-state index contributed by atoms with van der Waals surface area (Å²) in [6, 6.07) is 14.5. The molecular weight excluding hydrogens is 412 g/mol. The van der Waals surface area contributed by atoms with Crippen LogP contribution < -0.4 is 4.74 Å². The first-order valence-corrected chi connectivity index (χ1v) is 11.8. The van der Waals surface area contributed by atoms with Crippen molar-refractivity contribution in [2.24, 2.45) is 0 Å². The predicted octanol–water partition coefficient (Wildman–Crippen LogP) is 3.54. The molecule has 3 rings (SSSR count). The predicted molar refractivity (Wildman–Crippen MR) is 123 cm³/mol. The molecule has 166 valence electrons. The van der Waals surface area contributed by atoms with E-state index >= 15 is 0 Å². The van der Waals surface area contributed by atoms with Gasteiger partial charge in [0.25, 0.3) is 0 Å². The molecule has 2 aromatic carbocycles. The van der Waals surface area contributed by atoms with Crippen LogP contribution in [0.25, 0.3) is 6.08 Å². The Bertz CT molecular complexity index is 1030. The number of sulfonamides is 1. The van der Waals surface area contributed by atoms with Gasteiger partial charge in [0.15, 0.2) is 0 Å². The zero-order chi connectivity index (χ0) is 22.6. The lowest BCUT2D eigenvalue weighted by molar-refractivity contribution is -0.127. The number of hydrogen-bond donors (Lipinski definition) is 0. The van der Waals surface area contributed by atoms with Gasteiger partial charge in [-0.15, -0.1) is 0 Å². The first-order valence-electron chi connectivity index (χ1n) is 10.3. The summed E-state index contributed by atoms with van der Waals surface area (Å²) < 4.78 is 32.6. The van der Waals surface area contributed by atoms with Gasteiger partial charge < -0.3 is 9.64 Å². The molecule has 1 fully saturated rings. The zero-order valence-corrected chi connectivity index (χ0v) is 19.4. The molecule has 0 unspecified atom stereocenters. The molecule has 1 amide bonds. The van der Waals surface area contributed by atoms with Crippen molar-refractivity contribution in [3.63, 3.8) is 0 Å². The Labute approximate surface area is 185 Å². The number of amides is 1. The van der Waals surface area contributed by atoms with Gasteiger partial charge in [0.05, 0.1) is 12.0 Å². The van der Waals surface area contributed by atoms with Gasteiger partial charge in [-0.25, -0.2) is 8.42 Å². The van der Waals surface area contributed by atoms with Crippen LogP contribution in [0.1, 0.15) is 31.9 Å². The Balaban J connectivity index is 1.60. The molecule has 0 radical (unpaired) electrons. The molecule has 0 bridgehead atoms. The van der Waals surface area contributed by atoms with E-state index in [1.807, 2.05) is 36.4 Å². The second kappa shape index (κ2) is 9.24. The molecule has 0 saturated carbocycles. The highest BCUT2D eigenvalue weighted by Gasteiger charge is 2.29. The molecule has 6 nitrogen and oxygen atoms in total. The average molecular weight is 443 g/mol. The summed E-state index contributed by atoms with van der Waals surface area (Å²) in [4.78, 5) is 14.5. The maximum Gasteiger partial charge on any atom is 0.246 e. The monoisotopic (exact) mass is 442 g/mol. The zero-order valence-electron chi connectivity index (χ0n) is 18.5. The summed E-state index contributed by atoms with van der Waals surface area (Å²) in [6.07, 6.45) is 3.28. The largest absolute Gasteiger partial charge is 0.497 e. The molecule has 1 heterocycles. The van der Waals surface area contributed by atoms with Crippen LogP contribution in [0.3, 0.4) is 0 Å². The van der Waals surface area contributed by atoms with Crippen LogP contribution in [0.15, 0.2) is 59.5 Å². The van der Waals surface area contributed by atoms with Crippen molar-refractivity contribution in [2.75, 3.05) is 33.3 Å². The Morgan fingerprint density at radius 1 is 0.935 bits per heavy atom. The summed E-state index contributed by atoms with van der Waals surface area (Å²) in [5, 5.41) is 0. The van der Waals surface area contributed by atoms with E-state index in [4.69, 9.17) is 4.74 Å². The first kappa shape index (κ1) is 23.0. The van der Waals surface area contributed by atoms with Crippen LogP contribution in [0.4, 0.5) is 0 Å². The lowest BCUT2D eigenvalue weighted by Crippen LogP contribution is -2.50. The molecule has 2 aromatic rings. The number of piperazine rings is 1. The molecule has 31 heavy (non-hydrogen) atoms. The second-order valence-electron chi connectivity index (χ2n) is 8.61. The topological polar surface area (TPSA) is 66.9 Å². The third kappa shape index (κ3) is 5.54. The Hall–Kier alpha value is -2.64. The number of carbonyl (C=O) groups is 1. The molecule has 1 saturated heterocycles. The van der Waals surface area contributed by atoms with Gasteiger partial charge in [-0.3, -0.25) is 4.79 Å². The van der Waals surface area contributed by atoms with E-state index in [1.165, 1.54) is 10.4 Å². The molecule has 7 heteroatoms. The van der Waals surface area contributed by atoms with E-state index < -0.39 is 10.0 Å². The van der Waals surface area contributed by atoms with Gasteiger partial charge in [-0.1, -0.05) is 45.0 Å². The molecule has 1 aliphatic heterocycles. The summed E-state index contributed by atoms with van der Waals surface area (Å²) in [7, 11) is -1.96. The lowest BCUT2D eigenvalue weighted by Gasteiger charge is -2.33. The summed E-state index contributed by atoms with van der Waals surface area (Å²) >= 11 is 0. The Morgan fingerprint density at radius 2 is 1.52 bits per heavy atom. The number of nitrogens with zero attached hydrogens (tertiary/aromatic N) is 2. The minimum absolute atomic E-state index is 0.0341. The molecule has 0 aromatic heterocycles. The SMILES string of the molecule is COc1ccc(/C=C/C(=O)N2CCN(S(=O)(=O)c3ccc(C(C)(C)C)cc3)CC2)cc1. The van der Waals surface area contributed by atoms with Crippen molar-refractivity contribution in [3.05, 3.63) is 65.7 Å². The van der Waals surface area contributed by atoms with Crippen LogP contribution in [0.2, 0.25) is 0 Å². The average Bonchev–Trinajstić information content (AvgIpc) is 2.77. The van der Waals surface area contributed by atoms with Crippen LogP contribution in [-0.4, -0.2) is 56.8 Å². The van der Waals surface area contributed by atoms with Crippen molar-refractivity contribution in [2.45, 2.75) is 31.1 Å². The van der Waals surface area contributed by atoms with E-state index in [0.717, 1.165) is 16.9 Å². The fourth-order valence-electron chi connectivity index (χ4n) is 3.41. The van der Waals surface area contributed by atoms with Crippen LogP contribution in [-0.2, 0) is 20.2 Å². The van der Waals surface area contributed by atoms with Crippen molar-refractivity contribution in [1.82, 2.24) is 9.21 Å². The number of ether oxygens (including phenoxy) is 1. The summed E-state index contributed by atoms with van der Waals surface area (Å²) in [5.74, 6) is 0.635. The van der Waals surface area contributed by atoms with Crippen LogP contribution >= 0.6 is 0 Å². The number of benzene rings is 2. The number of carbonyl (C=O) groups excluding carboxylic acids is 1. The normalized spacial score (nSPS) is 15.9. The maximum atomic E-state index is 13.0. The number of methoxy groups -OCH3 is 1. The van der Waals surface area contributed by atoms with Gasteiger partial charge in [0, 0.05) is 32.3 Å². The van der Waals surface area contributed by atoms with Gasteiger partial charge in [0.1, 0.15) is 5.75 Å². The van der Waals surface area contributed by atoms with E-state index in [2.05, 4.69) is 20.8 Å². The van der Waals surface area contributed by atoms with Crippen molar-refractivity contribution in [3.8, 4) is 5.75 Å². The second-order valence-corrected chi connectivity index (χ2v) is 10.5. The minimum Gasteiger partial charge on any atom is -0.497 e. The Kier molecular flexibility index (Phi) is 6.86. The van der Waals surface area contributed by atoms with Gasteiger partial charge >= 0.3 is 0 Å². The highest BCUT2D eigenvalue weighted by Crippen LogP contribution is 2.25. The van der Waals surface area contributed by atoms with Gasteiger partial charge in [0.2, 0.25) is 15.9 Å². The molecule has 0 spiro atoms. The fraction of sp³-hybridized carbons (Fsp3) is 0.375. The molecule has 0 aliphatic carbocycles. The quantitative estimate of drug-likeness (QED) is 0.665. The van der Waals surface area contributed by atoms with Crippen LogP contribution in [0.5, 0.6) is 5.75 Å². The highest BCUT2D eigenvalue weighted by atomic mass is 32.2. The molecule has 1 aliphatic rings. The number of hydrogen-bond acceptors (Lipinski definition) is 4. The smallest absolute Gasteiger partial charge is 0.246 e. The summed E-state index contributed by atoms with van der Waals surface area (Å²) in [6.45, 7) is 7.58. The van der Waals surface area contributed by atoms with E-state index in [1.54, 1.807) is 30.2 Å². The lowest BCUT2D eigenvalue weighted by atomic mass is 9.87. The van der Waals surface area contributed by atoms with E-state index in [-0.39, 0.29) is 24.4 Å². The third-order valence-electron chi connectivity index (χ3n) is 5.44. The fourth-order valence-corrected chi connectivity index (χ4v) is 4.83. The van der Waals surface area contributed by atoms with Crippen molar-refractivity contribution >= 4 is 22.0 Å².